The molecule has 2 aliphatic rings. The summed E-state index contributed by atoms with van der Waals surface area (Å²) >= 11 is 2.19. The fourth-order valence-corrected chi connectivity index (χ4v) is 7.62. The number of nitriles is 1. The predicted molar refractivity (Wildman–Crippen MR) is 192 cm³/mol. The van der Waals surface area contributed by atoms with Gasteiger partial charge in [-0.1, -0.05) is 56.1 Å². The Balaban J connectivity index is 1.14. The lowest BCUT2D eigenvalue weighted by Gasteiger charge is -2.26. The molecule has 1 fully saturated rings. The summed E-state index contributed by atoms with van der Waals surface area (Å²) in [4.78, 5) is 65.5. The third kappa shape index (κ3) is 11.9. The maximum absolute atomic E-state index is 13.1. The fraction of sp³-hybridized carbons (Fsp3) is 0.395. The second-order valence-electron chi connectivity index (χ2n) is 12.9. The molecule has 1 saturated carbocycles. The van der Waals surface area contributed by atoms with Crippen molar-refractivity contribution in [3.05, 3.63) is 76.0 Å². The first-order valence-electron chi connectivity index (χ1n) is 16.7. The van der Waals surface area contributed by atoms with E-state index in [2.05, 4.69) is 11.4 Å². The quantitative estimate of drug-likeness (QED) is 0.0507. The summed E-state index contributed by atoms with van der Waals surface area (Å²) in [7, 11) is 0. The Hall–Kier alpha value is -5.25. The number of rotatable bonds is 15. The Morgan fingerprint density at radius 1 is 0.906 bits per heavy atom. The second kappa shape index (κ2) is 19.0. The summed E-state index contributed by atoms with van der Waals surface area (Å²) in [6.07, 6.45) is 2.89. The van der Waals surface area contributed by atoms with Crippen LogP contribution >= 0.6 is 23.5 Å². The number of hydrogen-bond acceptors (Lipinski definition) is 14. The highest BCUT2D eigenvalue weighted by Gasteiger charge is 2.34. The normalized spacial score (nSPS) is 17.2. The van der Waals surface area contributed by atoms with Crippen LogP contribution in [0.2, 0.25) is 0 Å². The molecule has 0 atom stereocenters. The number of fused-ring (bicyclic) bond motifs is 1. The van der Waals surface area contributed by atoms with Crippen LogP contribution in [0.25, 0.3) is 4.85 Å². The van der Waals surface area contributed by atoms with E-state index in [4.69, 9.17) is 30.3 Å². The molecule has 1 aliphatic carbocycles. The maximum atomic E-state index is 13.1. The molecule has 278 valence electrons. The number of esters is 5. The standard InChI is InChI=1S/C38H38N2O11S2/c1-5-30(42)48-21-38(2,3)22-49-32(44)17-16-31(43)47-19-18-23-6-12-26(13-7-23)50-35(45)24-8-10-25(11-9-24)36(46)51-29-15-14-28(41)33-34(29)53-37(52-33)27(20-39)40-4/h5-7,12-15,24-25,41H,1,8-11,16-19,21-22H2,2-3H3/b37-27-. The van der Waals surface area contributed by atoms with Gasteiger partial charge in [0.2, 0.25) is 0 Å². The first kappa shape index (κ1) is 40.5. The molecule has 15 heteroatoms. The van der Waals surface area contributed by atoms with Crippen LogP contribution in [-0.4, -0.2) is 54.8 Å². The number of hydrogen-bond donors (Lipinski definition) is 1. The van der Waals surface area contributed by atoms with Crippen molar-refractivity contribution < 1.29 is 52.8 Å². The summed E-state index contributed by atoms with van der Waals surface area (Å²) in [5, 5.41) is 19.5. The first-order valence-corrected chi connectivity index (χ1v) is 18.3. The van der Waals surface area contributed by atoms with Crippen LogP contribution in [0.5, 0.6) is 17.2 Å². The smallest absolute Gasteiger partial charge is 0.330 e. The number of carbonyl (C=O) groups is 5. The number of aromatic hydroxyl groups is 1. The van der Waals surface area contributed by atoms with Crippen LogP contribution < -0.4 is 9.47 Å². The maximum Gasteiger partial charge on any atom is 0.330 e. The lowest BCUT2D eigenvalue weighted by atomic mass is 9.82. The van der Waals surface area contributed by atoms with E-state index in [1.165, 1.54) is 12.1 Å². The van der Waals surface area contributed by atoms with Crippen LogP contribution in [0.1, 0.15) is 57.9 Å². The van der Waals surface area contributed by atoms with E-state index in [-0.39, 0.29) is 55.8 Å². The van der Waals surface area contributed by atoms with Crippen molar-refractivity contribution in [2.75, 3.05) is 19.8 Å². The highest BCUT2D eigenvalue weighted by molar-refractivity contribution is 8.24. The predicted octanol–water partition coefficient (Wildman–Crippen LogP) is 6.68. The van der Waals surface area contributed by atoms with Gasteiger partial charge in [-0.2, -0.15) is 0 Å². The summed E-state index contributed by atoms with van der Waals surface area (Å²) < 4.78 is 27.1. The van der Waals surface area contributed by atoms with Crippen LogP contribution in [0.15, 0.2) is 68.8 Å². The van der Waals surface area contributed by atoms with E-state index >= 15 is 0 Å². The van der Waals surface area contributed by atoms with Gasteiger partial charge in [0.15, 0.2) is 0 Å². The summed E-state index contributed by atoms with van der Waals surface area (Å²) in [6, 6.07) is 11.5. The Kier molecular flexibility index (Phi) is 14.5. The third-order valence-electron chi connectivity index (χ3n) is 8.18. The third-order valence-corrected chi connectivity index (χ3v) is 10.8. The molecule has 0 unspecified atom stereocenters. The van der Waals surface area contributed by atoms with Crippen LogP contribution in [-0.2, 0) is 44.6 Å². The van der Waals surface area contributed by atoms with E-state index in [0.29, 0.717) is 51.9 Å². The average Bonchev–Trinajstić information content (AvgIpc) is 3.61. The number of phenols is 1. The zero-order valence-corrected chi connectivity index (χ0v) is 30.8. The number of ether oxygens (including phenoxy) is 5. The molecule has 13 nitrogen and oxygen atoms in total. The molecule has 2 aromatic carbocycles. The molecule has 0 aromatic heterocycles. The molecular weight excluding hydrogens is 725 g/mol. The summed E-state index contributed by atoms with van der Waals surface area (Å²) in [5.41, 5.74) is 0.136. The van der Waals surface area contributed by atoms with Gasteiger partial charge in [0.05, 0.1) is 71.2 Å². The summed E-state index contributed by atoms with van der Waals surface area (Å²) in [5.74, 6) is -2.79. The minimum atomic E-state index is -0.603. The molecule has 0 radical (unpaired) electrons. The Labute approximate surface area is 315 Å². The molecule has 2 aromatic rings. The second-order valence-corrected chi connectivity index (χ2v) is 15.2. The average molecular weight is 763 g/mol. The zero-order valence-electron chi connectivity index (χ0n) is 29.2. The van der Waals surface area contributed by atoms with Gasteiger partial charge >= 0.3 is 29.8 Å². The SMILES string of the molecule is [C-]#[N+]/C(C#N)=C1/Sc2c(O)ccc(OC(=O)C3CCC(C(=O)Oc4ccc(CCOC(=O)CCC(=O)OCC(C)(C)COC(=O)C=C)cc4)CC3)c2S1. The van der Waals surface area contributed by atoms with Crippen molar-refractivity contribution in [2.45, 2.75) is 68.6 Å². The minimum absolute atomic E-state index is 0.0109. The topological polar surface area (TPSA) is 180 Å². The van der Waals surface area contributed by atoms with Gasteiger partial charge in [-0.05, 0) is 55.5 Å². The molecule has 0 bridgehead atoms. The Bertz CT molecular complexity index is 1830. The van der Waals surface area contributed by atoms with Gasteiger partial charge in [-0.15, -0.1) is 0 Å². The number of carbonyl (C=O) groups excluding carboxylic acids is 5. The van der Waals surface area contributed by atoms with Gasteiger partial charge in [0.25, 0.3) is 5.70 Å². The first-order chi connectivity index (χ1) is 25.3. The molecular formula is C38H38N2O11S2. The Morgan fingerprint density at radius 3 is 2.09 bits per heavy atom. The van der Waals surface area contributed by atoms with Crippen LogP contribution in [0.3, 0.4) is 0 Å². The molecule has 1 N–H and O–H groups in total. The lowest BCUT2D eigenvalue weighted by molar-refractivity contribution is -0.154. The van der Waals surface area contributed by atoms with Crippen molar-refractivity contribution in [3.8, 4) is 23.3 Å². The highest BCUT2D eigenvalue weighted by Crippen LogP contribution is 2.58. The monoisotopic (exact) mass is 762 g/mol. The van der Waals surface area contributed by atoms with E-state index in [9.17, 15) is 34.3 Å². The molecule has 1 aliphatic heterocycles. The molecule has 53 heavy (non-hydrogen) atoms. The molecule has 0 spiro atoms. The van der Waals surface area contributed by atoms with Crippen molar-refractivity contribution in [1.29, 1.82) is 5.26 Å². The molecule has 4 rings (SSSR count). The number of thioether (sulfide) groups is 2. The highest BCUT2D eigenvalue weighted by atomic mass is 32.2. The van der Waals surface area contributed by atoms with Crippen molar-refractivity contribution >= 4 is 53.4 Å². The number of nitrogens with zero attached hydrogens (tertiary/aromatic N) is 2. The van der Waals surface area contributed by atoms with E-state index in [1.807, 2.05) is 6.07 Å². The molecule has 1 heterocycles. The van der Waals surface area contributed by atoms with Gasteiger partial charge < -0.3 is 28.8 Å². The molecule has 0 saturated heterocycles. The number of phenolic OH excluding ortho intramolecular Hbond substituents is 1. The largest absolute Gasteiger partial charge is 0.507 e. The van der Waals surface area contributed by atoms with Gasteiger partial charge in [-0.3, -0.25) is 19.2 Å². The van der Waals surface area contributed by atoms with Crippen molar-refractivity contribution in [2.24, 2.45) is 17.3 Å². The Morgan fingerprint density at radius 2 is 1.49 bits per heavy atom. The van der Waals surface area contributed by atoms with Gasteiger partial charge in [0.1, 0.15) is 17.2 Å². The van der Waals surface area contributed by atoms with E-state index in [1.54, 1.807) is 38.1 Å². The number of allylic oxidation sites excluding steroid dienone is 1. The molecule has 0 amide bonds. The van der Waals surface area contributed by atoms with Gasteiger partial charge in [-0.25, -0.2) is 14.9 Å². The zero-order chi connectivity index (χ0) is 38.5. The fourth-order valence-electron chi connectivity index (χ4n) is 5.18. The van der Waals surface area contributed by atoms with Crippen molar-refractivity contribution in [3.63, 3.8) is 0 Å². The van der Waals surface area contributed by atoms with E-state index in [0.717, 1.165) is 35.2 Å². The van der Waals surface area contributed by atoms with E-state index < -0.39 is 41.2 Å². The van der Waals surface area contributed by atoms with Crippen LogP contribution in [0.4, 0.5) is 0 Å². The van der Waals surface area contributed by atoms with Gasteiger partial charge in [0, 0.05) is 17.9 Å². The lowest BCUT2D eigenvalue weighted by Crippen LogP contribution is -2.30. The van der Waals surface area contributed by atoms with Crippen molar-refractivity contribution in [1.82, 2.24) is 0 Å². The van der Waals surface area contributed by atoms with Crippen LogP contribution in [0, 0.1) is 35.2 Å². The summed E-state index contributed by atoms with van der Waals surface area (Å²) in [6.45, 7) is 14.2. The minimum Gasteiger partial charge on any atom is -0.507 e. The number of benzene rings is 2.